The molecule has 0 N–H and O–H groups in total. The first-order valence-electron chi connectivity index (χ1n) is 11.1. The summed E-state index contributed by atoms with van der Waals surface area (Å²) in [5.74, 6) is -0.636. The maximum atomic E-state index is 11.8. The molecule has 0 rings (SSSR count). The molecule has 0 radical (unpaired) electrons. The van der Waals surface area contributed by atoms with Crippen molar-refractivity contribution in [2.45, 2.75) is 117 Å². The average molecular weight is 383 g/mol. The van der Waals surface area contributed by atoms with Crippen LogP contribution in [-0.2, 0) is 19.1 Å². The number of ether oxygens (including phenoxy) is 2. The summed E-state index contributed by atoms with van der Waals surface area (Å²) < 4.78 is 10.6. The fraction of sp³-hybridized carbons (Fsp3) is 0.826. The van der Waals surface area contributed by atoms with Crippen molar-refractivity contribution in [2.75, 3.05) is 6.61 Å². The van der Waals surface area contributed by atoms with E-state index in [2.05, 4.69) is 26.8 Å². The number of unbranched alkanes of at least 4 members (excludes halogenated alkanes) is 7. The molecule has 0 fully saturated rings. The molecule has 0 aliphatic heterocycles. The first kappa shape index (κ1) is 25.7. The highest BCUT2D eigenvalue weighted by Gasteiger charge is 2.14. The van der Waals surface area contributed by atoms with E-state index in [1.807, 2.05) is 6.08 Å². The van der Waals surface area contributed by atoms with Crippen molar-refractivity contribution in [1.82, 2.24) is 0 Å². The zero-order valence-electron chi connectivity index (χ0n) is 18.0. The lowest BCUT2D eigenvalue weighted by Gasteiger charge is -2.16. The number of rotatable bonds is 18. The first-order chi connectivity index (χ1) is 13.1. The van der Waals surface area contributed by atoms with Crippen molar-refractivity contribution in [3.63, 3.8) is 0 Å². The second kappa shape index (κ2) is 19.4. The summed E-state index contributed by atoms with van der Waals surface area (Å²) >= 11 is 0. The van der Waals surface area contributed by atoms with Crippen LogP contribution < -0.4 is 0 Å². The van der Waals surface area contributed by atoms with Gasteiger partial charge in [-0.05, 0) is 25.7 Å². The van der Waals surface area contributed by atoms with E-state index in [4.69, 9.17) is 9.47 Å². The summed E-state index contributed by atoms with van der Waals surface area (Å²) in [6.07, 6.45) is 18.1. The van der Waals surface area contributed by atoms with Crippen LogP contribution in [0.25, 0.3) is 0 Å². The molecule has 0 unspecified atom stereocenters. The molecule has 4 nitrogen and oxygen atoms in total. The molecule has 0 aliphatic rings. The Labute approximate surface area is 167 Å². The molecule has 4 heteroatoms. The molecular weight excluding hydrogens is 340 g/mol. The highest BCUT2D eigenvalue weighted by molar-refractivity contribution is 5.77. The van der Waals surface area contributed by atoms with Gasteiger partial charge in [-0.1, -0.05) is 84.3 Å². The van der Waals surface area contributed by atoms with Gasteiger partial charge >= 0.3 is 11.9 Å². The molecular formula is C23H42O4. The third-order valence-electron chi connectivity index (χ3n) is 4.53. The van der Waals surface area contributed by atoms with E-state index < -0.39 is 0 Å². The Hall–Kier alpha value is -1.32. The summed E-state index contributed by atoms with van der Waals surface area (Å²) in [7, 11) is 0. The van der Waals surface area contributed by atoms with Crippen LogP contribution in [0.5, 0.6) is 0 Å². The lowest BCUT2D eigenvalue weighted by molar-refractivity contribution is -0.153. The zero-order chi connectivity index (χ0) is 20.2. The minimum atomic E-state index is -0.338. The van der Waals surface area contributed by atoms with E-state index in [1.165, 1.54) is 44.9 Å². The lowest BCUT2D eigenvalue weighted by Crippen LogP contribution is -2.19. The predicted molar refractivity (Wildman–Crippen MR) is 112 cm³/mol. The van der Waals surface area contributed by atoms with Crippen molar-refractivity contribution < 1.29 is 19.1 Å². The summed E-state index contributed by atoms with van der Waals surface area (Å²) in [5.41, 5.74) is 0. The largest absolute Gasteiger partial charge is 0.462 e. The van der Waals surface area contributed by atoms with Crippen LogP contribution in [0, 0.1) is 0 Å². The van der Waals surface area contributed by atoms with Crippen LogP contribution in [0.3, 0.4) is 0 Å². The first-order valence-corrected chi connectivity index (χ1v) is 11.1. The number of carbonyl (C=O) groups is 2. The molecule has 0 aromatic rings. The van der Waals surface area contributed by atoms with E-state index >= 15 is 0 Å². The third kappa shape index (κ3) is 17.8. The van der Waals surface area contributed by atoms with Crippen molar-refractivity contribution in [3.05, 3.63) is 12.2 Å². The van der Waals surface area contributed by atoms with Gasteiger partial charge in [0.15, 0.2) is 0 Å². The number of esters is 2. The fourth-order valence-corrected chi connectivity index (χ4v) is 2.97. The second-order valence-corrected chi connectivity index (χ2v) is 7.25. The Morgan fingerprint density at radius 3 is 1.96 bits per heavy atom. The standard InChI is InChI=1S/C23H42O4/c1-4-7-8-9-10-11-12-13-14-15-20-26-22(24)18-19-23(25)27-21(16-5-2)17-6-3/h14-15,21H,4-13,16-20H2,1-3H3/b15-14+. The van der Waals surface area contributed by atoms with Crippen molar-refractivity contribution >= 4 is 11.9 Å². The van der Waals surface area contributed by atoms with E-state index in [0.29, 0.717) is 6.61 Å². The summed E-state index contributed by atoms with van der Waals surface area (Å²) in [5, 5.41) is 0. The predicted octanol–water partition coefficient (Wildman–Crippen LogP) is 6.52. The monoisotopic (exact) mass is 382 g/mol. The Kier molecular flexibility index (Phi) is 18.5. The molecule has 0 spiro atoms. The molecule has 0 atom stereocenters. The number of carbonyl (C=O) groups excluding carboxylic acids is 2. The minimum absolute atomic E-state index is 0.0156. The summed E-state index contributed by atoms with van der Waals surface area (Å²) in [6.45, 7) is 6.68. The van der Waals surface area contributed by atoms with Gasteiger partial charge in [0.1, 0.15) is 12.7 Å². The van der Waals surface area contributed by atoms with Gasteiger partial charge in [-0.3, -0.25) is 9.59 Å². The Bertz CT molecular complexity index is 384. The van der Waals surface area contributed by atoms with E-state index in [0.717, 1.165) is 32.1 Å². The zero-order valence-corrected chi connectivity index (χ0v) is 18.0. The normalized spacial score (nSPS) is 11.3. The van der Waals surface area contributed by atoms with Crippen LogP contribution in [0.2, 0.25) is 0 Å². The van der Waals surface area contributed by atoms with Crippen molar-refractivity contribution in [1.29, 1.82) is 0 Å². The lowest BCUT2D eigenvalue weighted by atomic mass is 10.1. The smallest absolute Gasteiger partial charge is 0.306 e. The van der Waals surface area contributed by atoms with Gasteiger partial charge in [-0.25, -0.2) is 0 Å². The Balaban J connectivity index is 3.63. The number of hydrogen-bond acceptors (Lipinski definition) is 4. The van der Waals surface area contributed by atoms with Gasteiger partial charge < -0.3 is 9.47 Å². The van der Waals surface area contributed by atoms with E-state index in [-0.39, 0.29) is 30.9 Å². The Morgan fingerprint density at radius 2 is 1.33 bits per heavy atom. The van der Waals surface area contributed by atoms with Gasteiger partial charge in [-0.15, -0.1) is 0 Å². The number of hydrogen-bond donors (Lipinski definition) is 0. The summed E-state index contributed by atoms with van der Waals surface area (Å²) in [6, 6.07) is 0. The minimum Gasteiger partial charge on any atom is -0.462 e. The quantitative estimate of drug-likeness (QED) is 0.154. The van der Waals surface area contributed by atoms with Gasteiger partial charge in [0.2, 0.25) is 0 Å². The maximum absolute atomic E-state index is 11.8. The Morgan fingerprint density at radius 1 is 0.741 bits per heavy atom. The van der Waals surface area contributed by atoms with Crippen LogP contribution in [0.15, 0.2) is 12.2 Å². The molecule has 27 heavy (non-hydrogen) atoms. The SMILES string of the molecule is CCCCCCCCC/C=C/COC(=O)CCC(=O)OC(CCC)CCC. The molecule has 0 aliphatic carbocycles. The molecule has 0 aromatic heterocycles. The third-order valence-corrected chi connectivity index (χ3v) is 4.53. The van der Waals surface area contributed by atoms with Crippen LogP contribution in [0.4, 0.5) is 0 Å². The second-order valence-electron chi connectivity index (χ2n) is 7.25. The summed E-state index contributed by atoms with van der Waals surface area (Å²) in [4.78, 5) is 23.5. The fourth-order valence-electron chi connectivity index (χ4n) is 2.97. The molecule has 0 saturated heterocycles. The average Bonchev–Trinajstić information content (AvgIpc) is 2.65. The van der Waals surface area contributed by atoms with Gasteiger partial charge in [0.25, 0.3) is 0 Å². The molecule has 0 aromatic carbocycles. The molecule has 0 heterocycles. The molecule has 158 valence electrons. The van der Waals surface area contributed by atoms with Crippen LogP contribution in [0.1, 0.15) is 111 Å². The number of allylic oxidation sites excluding steroid dienone is 1. The van der Waals surface area contributed by atoms with Gasteiger partial charge in [-0.2, -0.15) is 0 Å². The highest BCUT2D eigenvalue weighted by Crippen LogP contribution is 2.11. The molecule has 0 saturated carbocycles. The van der Waals surface area contributed by atoms with Gasteiger partial charge in [0.05, 0.1) is 12.8 Å². The van der Waals surface area contributed by atoms with Crippen molar-refractivity contribution in [2.24, 2.45) is 0 Å². The van der Waals surface area contributed by atoms with Gasteiger partial charge in [0, 0.05) is 0 Å². The highest BCUT2D eigenvalue weighted by atomic mass is 16.5. The van der Waals surface area contributed by atoms with Crippen LogP contribution >= 0.6 is 0 Å². The van der Waals surface area contributed by atoms with E-state index in [1.54, 1.807) is 0 Å². The van der Waals surface area contributed by atoms with Crippen molar-refractivity contribution in [3.8, 4) is 0 Å². The molecule has 0 bridgehead atoms. The molecule has 0 amide bonds. The van der Waals surface area contributed by atoms with Crippen LogP contribution in [-0.4, -0.2) is 24.6 Å². The maximum Gasteiger partial charge on any atom is 0.306 e. The topological polar surface area (TPSA) is 52.6 Å². The van der Waals surface area contributed by atoms with E-state index in [9.17, 15) is 9.59 Å².